The smallest absolute Gasteiger partial charge is 0.223 e. The molecule has 5 heteroatoms. The number of nitrogens with two attached hydrogens (primary N) is 1. The van der Waals surface area contributed by atoms with Crippen molar-refractivity contribution in [1.82, 2.24) is 14.9 Å². The molecule has 1 amide bonds. The zero-order valence-electron chi connectivity index (χ0n) is 12.2. The van der Waals surface area contributed by atoms with Crippen LogP contribution >= 0.6 is 0 Å². The van der Waals surface area contributed by atoms with Crippen LogP contribution in [-0.2, 0) is 11.3 Å². The van der Waals surface area contributed by atoms with Crippen molar-refractivity contribution in [1.29, 1.82) is 0 Å². The summed E-state index contributed by atoms with van der Waals surface area (Å²) in [6.07, 6.45) is 11.3. The number of hydrogen-bond donors (Lipinski definition) is 1. The van der Waals surface area contributed by atoms with E-state index in [1.165, 1.54) is 19.3 Å². The summed E-state index contributed by atoms with van der Waals surface area (Å²) in [5.41, 5.74) is 6.78. The Kier molecular flexibility index (Phi) is 5.06. The fourth-order valence-electron chi connectivity index (χ4n) is 2.95. The van der Waals surface area contributed by atoms with Crippen LogP contribution in [0.3, 0.4) is 0 Å². The fourth-order valence-corrected chi connectivity index (χ4v) is 2.95. The lowest BCUT2D eigenvalue weighted by atomic mass is 9.71. The summed E-state index contributed by atoms with van der Waals surface area (Å²) in [4.78, 5) is 22.4. The third-order valence-corrected chi connectivity index (χ3v) is 4.32. The Labute approximate surface area is 120 Å². The van der Waals surface area contributed by atoms with E-state index < -0.39 is 0 Å². The van der Waals surface area contributed by atoms with Crippen molar-refractivity contribution in [3.05, 3.63) is 24.3 Å². The van der Waals surface area contributed by atoms with Crippen molar-refractivity contribution < 1.29 is 4.79 Å². The number of nitrogens with zero attached hydrogens (tertiary/aromatic N) is 3. The van der Waals surface area contributed by atoms with Crippen LogP contribution in [0.2, 0.25) is 0 Å². The summed E-state index contributed by atoms with van der Waals surface area (Å²) in [5.74, 6) is 0.156. The van der Waals surface area contributed by atoms with Crippen LogP contribution < -0.4 is 5.73 Å². The molecular weight excluding hydrogens is 252 g/mol. The Hall–Kier alpha value is -1.49. The molecule has 1 heterocycles. The monoisotopic (exact) mass is 276 g/mol. The third-order valence-electron chi connectivity index (χ3n) is 4.32. The van der Waals surface area contributed by atoms with Gasteiger partial charge in [-0.2, -0.15) is 0 Å². The highest BCUT2D eigenvalue weighted by Gasteiger charge is 2.33. The first kappa shape index (κ1) is 14.9. The Bertz CT molecular complexity index is 429. The molecule has 1 saturated carbocycles. The van der Waals surface area contributed by atoms with Crippen LogP contribution in [0.4, 0.5) is 0 Å². The standard InChI is InChI=1S/C15H24N4O/c1-19(11-13-10-17-7-8-18-13)14(20)9-15(12-16)5-3-2-4-6-15/h7-8,10H,2-6,9,11-12,16H2,1H3. The molecule has 0 spiro atoms. The highest BCUT2D eigenvalue weighted by atomic mass is 16.2. The van der Waals surface area contributed by atoms with Gasteiger partial charge in [0.15, 0.2) is 0 Å². The Morgan fingerprint density at radius 1 is 1.35 bits per heavy atom. The summed E-state index contributed by atoms with van der Waals surface area (Å²) < 4.78 is 0. The Balaban J connectivity index is 1.93. The molecule has 1 fully saturated rings. The fraction of sp³-hybridized carbons (Fsp3) is 0.667. The quantitative estimate of drug-likeness (QED) is 0.889. The maximum absolute atomic E-state index is 12.4. The second kappa shape index (κ2) is 6.79. The SMILES string of the molecule is CN(Cc1cnccn1)C(=O)CC1(CN)CCCCC1. The van der Waals surface area contributed by atoms with Gasteiger partial charge in [0, 0.05) is 25.9 Å². The van der Waals surface area contributed by atoms with Crippen molar-refractivity contribution in [2.75, 3.05) is 13.6 Å². The molecule has 1 aromatic rings. The lowest BCUT2D eigenvalue weighted by molar-refractivity contribution is -0.133. The van der Waals surface area contributed by atoms with E-state index in [-0.39, 0.29) is 11.3 Å². The maximum atomic E-state index is 12.4. The molecule has 110 valence electrons. The van der Waals surface area contributed by atoms with E-state index in [9.17, 15) is 4.79 Å². The van der Waals surface area contributed by atoms with Gasteiger partial charge < -0.3 is 10.6 Å². The predicted octanol–water partition coefficient (Wildman–Crippen LogP) is 1.73. The molecule has 0 aromatic carbocycles. The van der Waals surface area contributed by atoms with Gasteiger partial charge in [-0.25, -0.2) is 0 Å². The third kappa shape index (κ3) is 3.76. The summed E-state index contributed by atoms with van der Waals surface area (Å²) in [7, 11) is 1.82. The Morgan fingerprint density at radius 3 is 2.70 bits per heavy atom. The van der Waals surface area contributed by atoms with E-state index >= 15 is 0 Å². The molecule has 0 bridgehead atoms. The van der Waals surface area contributed by atoms with Gasteiger partial charge in [0.05, 0.1) is 18.4 Å². The molecule has 1 aliphatic carbocycles. The normalized spacial score (nSPS) is 17.7. The molecule has 0 saturated heterocycles. The van der Waals surface area contributed by atoms with Crippen LogP contribution in [0, 0.1) is 5.41 Å². The average Bonchev–Trinajstić information content (AvgIpc) is 2.49. The highest BCUT2D eigenvalue weighted by molar-refractivity contribution is 5.76. The summed E-state index contributed by atoms with van der Waals surface area (Å²) in [6, 6.07) is 0. The number of aromatic nitrogens is 2. The van der Waals surface area contributed by atoms with E-state index in [2.05, 4.69) is 9.97 Å². The van der Waals surface area contributed by atoms with Crippen LogP contribution in [-0.4, -0.2) is 34.4 Å². The zero-order valence-corrected chi connectivity index (χ0v) is 12.2. The van der Waals surface area contributed by atoms with Crippen LogP contribution in [0.1, 0.15) is 44.2 Å². The van der Waals surface area contributed by atoms with Crippen molar-refractivity contribution in [3.63, 3.8) is 0 Å². The number of rotatable bonds is 5. The minimum Gasteiger partial charge on any atom is -0.340 e. The first-order valence-electron chi connectivity index (χ1n) is 7.34. The van der Waals surface area contributed by atoms with Crippen molar-refractivity contribution >= 4 is 5.91 Å². The van der Waals surface area contributed by atoms with Gasteiger partial charge in [-0.05, 0) is 24.8 Å². The molecule has 0 aliphatic heterocycles. The van der Waals surface area contributed by atoms with Gasteiger partial charge in [0.25, 0.3) is 0 Å². The molecule has 5 nitrogen and oxygen atoms in total. The van der Waals surface area contributed by atoms with Gasteiger partial charge in [-0.1, -0.05) is 19.3 Å². The minimum atomic E-state index is 0.0198. The van der Waals surface area contributed by atoms with Crippen molar-refractivity contribution in [2.24, 2.45) is 11.1 Å². The first-order chi connectivity index (χ1) is 9.65. The molecule has 2 N–H and O–H groups in total. The predicted molar refractivity (Wildman–Crippen MR) is 77.7 cm³/mol. The van der Waals surface area contributed by atoms with Crippen molar-refractivity contribution in [2.45, 2.75) is 45.1 Å². The number of carbonyl (C=O) groups excluding carboxylic acids is 1. The average molecular weight is 276 g/mol. The van der Waals surface area contributed by atoms with E-state index in [4.69, 9.17) is 5.73 Å². The lowest BCUT2D eigenvalue weighted by Gasteiger charge is -2.36. The van der Waals surface area contributed by atoms with Gasteiger partial charge >= 0.3 is 0 Å². The van der Waals surface area contributed by atoms with E-state index in [1.54, 1.807) is 23.5 Å². The molecule has 0 radical (unpaired) electrons. The molecule has 1 aliphatic rings. The van der Waals surface area contributed by atoms with Crippen LogP contribution in [0.25, 0.3) is 0 Å². The van der Waals surface area contributed by atoms with Gasteiger partial charge in [0.1, 0.15) is 0 Å². The zero-order chi connectivity index (χ0) is 14.4. The number of carbonyl (C=O) groups is 1. The molecule has 2 rings (SSSR count). The molecule has 0 atom stereocenters. The van der Waals surface area contributed by atoms with E-state index in [0.717, 1.165) is 18.5 Å². The molecule has 20 heavy (non-hydrogen) atoms. The van der Waals surface area contributed by atoms with Crippen LogP contribution in [0.5, 0.6) is 0 Å². The highest BCUT2D eigenvalue weighted by Crippen LogP contribution is 2.38. The van der Waals surface area contributed by atoms with E-state index in [1.807, 2.05) is 7.05 Å². The van der Waals surface area contributed by atoms with Gasteiger partial charge in [0.2, 0.25) is 5.91 Å². The van der Waals surface area contributed by atoms with E-state index in [0.29, 0.717) is 19.5 Å². The largest absolute Gasteiger partial charge is 0.340 e. The second-order valence-electron chi connectivity index (χ2n) is 5.89. The first-order valence-corrected chi connectivity index (χ1v) is 7.34. The molecular formula is C15H24N4O. The minimum absolute atomic E-state index is 0.0198. The van der Waals surface area contributed by atoms with Crippen LogP contribution in [0.15, 0.2) is 18.6 Å². The number of amides is 1. The molecule has 1 aromatic heterocycles. The topological polar surface area (TPSA) is 72.1 Å². The lowest BCUT2D eigenvalue weighted by Crippen LogP contribution is -2.39. The Morgan fingerprint density at radius 2 is 2.10 bits per heavy atom. The summed E-state index contributed by atoms with van der Waals surface area (Å²) >= 11 is 0. The maximum Gasteiger partial charge on any atom is 0.223 e. The second-order valence-corrected chi connectivity index (χ2v) is 5.89. The van der Waals surface area contributed by atoms with Gasteiger partial charge in [-0.3, -0.25) is 14.8 Å². The van der Waals surface area contributed by atoms with Crippen molar-refractivity contribution in [3.8, 4) is 0 Å². The molecule has 0 unspecified atom stereocenters. The summed E-state index contributed by atoms with van der Waals surface area (Å²) in [6.45, 7) is 1.12. The van der Waals surface area contributed by atoms with Gasteiger partial charge in [-0.15, -0.1) is 0 Å². The number of hydrogen-bond acceptors (Lipinski definition) is 4. The summed E-state index contributed by atoms with van der Waals surface area (Å²) in [5, 5.41) is 0.